The molecule has 3 aromatic rings. The van der Waals surface area contributed by atoms with Crippen molar-refractivity contribution in [3.63, 3.8) is 0 Å². The van der Waals surface area contributed by atoms with Crippen LogP contribution in [0, 0.1) is 0 Å². The second-order valence-corrected chi connectivity index (χ2v) is 7.00. The molecule has 1 aliphatic rings. The zero-order chi connectivity index (χ0) is 22.5. The molecule has 162 valence electrons. The summed E-state index contributed by atoms with van der Waals surface area (Å²) < 4.78 is 16.9. The fourth-order valence-corrected chi connectivity index (χ4v) is 3.34. The van der Waals surface area contributed by atoms with Gasteiger partial charge in [-0.2, -0.15) is 0 Å². The fourth-order valence-electron chi connectivity index (χ4n) is 3.34. The van der Waals surface area contributed by atoms with Gasteiger partial charge >= 0.3 is 0 Å². The van der Waals surface area contributed by atoms with Gasteiger partial charge in [-0.15, -0.1) is 0 Å². The van der Waals surface area contributed by atoms with Crippen molar-refractivity contribution < 1.29 is 23.8 Å². The number of nitrogens with one attached hydrogen (secondary N) is 1. The van der Waals surface area contributed by atoms with Gasteiger partial charge in [0, 0.05) is 0 Å². The third kappa shape index (κ3) is 4.27. The van der Waals surface area contributed by atoms with Gasteiger partial charge in [-0.3, -0.25) is 15.0 Å². The molecule has 1 aliphatic heterocycles. The lowest BCUT2D eigenvalue weighted by Gasteiger charge is -2.15. The van der Waals surface area contributed by atoms with E-state index >= 15 is 0 Å². The highest BCUT2D eigenvalue weighted by Crippen LogP contribution is 2.40. The van der Waals surface area contributed by atoms with E-state index in [-0.39, 0.29) is 5.57 Å². The van der Waals surface area contributed by atoms with Gasteiger partial charge in [0.05, 0.1) is 19.9 Å². The van der Waals surface area contributed by atoms with E-state index in [1.165, 1.54) is 25.3 Å². The van der Waals surface area contributed by atoms with E-state index < -0.39 is 11.8 Å². The molecule has 2 amide bonds. The van der Waals surface area contributed by atoms with Crippen molar-refractivity contribution in [2.24, 2.45) is 0 Å². The van der Waals surface area contributed by atoms with Crippen LogP contribution >= 0.6 is 0 Å². The van der Waals surface area contributed by atoms with E-state index in [2.05, 4.69) is 5.43 Å². The maximum atomic E-state index is 12.8. The summed E-state index contributed by atoms with van der Waals surface area (Å²) in [5.41, 5.74) is 4.74. The average Bonchev–Trinajstić information content (AvgIpc) is 3.12. The second-order valence-electron chi connectivity index (χ2n) is 7.00. The number of para-hydroxylation sites is 1. The Morgan fingerprint density at radius 2 is 1.47 bits per heavy atom. The van der Waals surface area contributed by atoms with Gasteiger partial charge in [0.25, 0.3) is 11.8 Å². The van der Waals surface area contributed by atoms with Crippen LogP contribution in [0.3, 0.4) is 0 Å². The molecule has 32 heavy (non-hydrogen) atoms. The molecule has 7 heteroatoms. The largest absolute Gasteiger partial charge is 0.493 e. The molecule has 4 rings (SSSR count). The highest BCUT2D eigenvalue weighted by Gasteiger charge is 2.34. The summed E-state index contributed by atoms with van der Waals surface area (Å²) in [6.45, 7) is 0.334. The molecular weight excluding hydrogens is 408 g/mol. The molecule has 0 bridgehead atoms. The topological polar surface area (TPSA) is 77.1 Å². The van der Waals surface area contributed by atoms with E-state index in [9.17, 15) is 9.59 Å². The molecule has 0 saturated carbocycles. The molecule has 0 spiro atoms. The summed E-state index contributed by atoms with van der Waals surface area (Å²) in [7, 11) is 3.04. The van der Waals surface area contributed by atoms with Crippen molar-refractivity contribution in [2.45, 2.75) is 6.61 Å². The second kappa shape index (κ2) is 9.26. The van der Waals surface area contributed by atoms with Crippen LogP contribution in [0.15, 0.2) is 78.4 Å². The monoisotopic (exact) mass is 430 g/mol. The van der Waals surface area contributed by atoms with E-state index in [0.29, 0.717) is 35.1 Å². The van der Waals surface area contributed by atoms with E-state index in [1.807, 2.05) is 36.4 Å². The Labute approximate surface area is 185 Å². The van der Waals surface area contributed by atoms with Crippen molar-refractivity contribution in [1.29, 1.82) is 0 Å². The summed E-state index contributed by atoms with van der Waals surface area (Å²) >= 11 is 0. The van der Waals surface area contributed by atoms with Crippen molar-refractivity contribution in [2.75, 3.05) is 19.2 Å². The van der Waals surface area contributed by atoms with Crippen LogP contribution in [-0.2, 0) is 16.2 Å². The quantitative estimate of drug-likeness (QED) is 0.456. The molecule has 0 aliphatic carbocycles. The van der Waals surface area contributed by atoms with Crippen molar-refractivity contribution in [1.82, 2.24) is 5.43 Å². The van der Waals surface area contributed by atoms with Crippen LogP contribution < -0.4 is 24.6 Å². The molecule has 0 radical (unpaired) electrons. The number of rotatable bonds is 7. The summed E-state index contributed by atoms with van der Waals surface area (Å²) in [6.07, 6.45) is 1.51. The van der Waals surface area contributed by atoms with Crippen LogP contribution in [0.5, 0.6) is 17.2 Å². The Morgan fingerprint density at radius 3 is 2.06 bits per heavy atom. The first-order valence-corrected chi connectivity index (χ1v) is 9.95. The first-order chi connectivity index (χ1) is 15.6. The first kappa shape index (κ1) is 21.0. The lowest BCUT2D eigenvalue weighted by Crippen LogP contribution is -2.35. The standard InChI is InChI=1S/C25H22N2O5/c1-30-21-14-18(15-22(31-2)23(21)32-16-17-9-5-3-6-10-17)13-20-24(28)26-27(25(20)29)19-11-7-4-8-12-19/h3-15H,16H2,1-2H3,(H,26,28)/b20-13-. The SMILES string of the molecule is COc1cc(/C=C2/C(=O)NN(c3ccccc3)C2=O)cc(OC)c1OCc1ccccc1. The molecule has 0 unspecified atom stereocenters. The Kier molecular flexibility index (Phi) is 6.07. The molecule has 0 aromatic heterocycles. The minimum absolute atomic E-state index is 0.0101. The molecule has 1 fully saturated rings. The molecule has 1 saturated heterocycles. The van der Waals surface area contributed by atoms with Gasteiger partial charge in [0.2, 0.25) is 5.75 Å². The summed E-state index contributed by atoms with van der Waals surface area (Å²) in [4.78, 5) is 25.3. The maximum Gasteiger partial charge on any atom is 0.282 e. The number of hydrogen-bond acceptors (Lipinski definition) is 5. The molecule has 1 heterocycles. The number of amides is 2. The number of nitrogens with zero attached hydrogens (tertiary/aromatic N) is 1. The van der Waals surface area contributed by atoms with Gasteiger partial charge in [0.1, 0.15) is 12.2 Å². The third-order valence-corrected chi connectivity index (χ3v) is 4.93. The Bertz CT molecular complexity index is 1130. The van der Waals surface area contributed by atoms with Gasteiger partial charge < -0.3 is 14.2 Å². The van der Waals surface area contributed by atoms with Gasteiger partial charge in [0.15, 0.2) is 11.5 Å². The molecule has 0 atom stereocenters. The van der Waals surface area contributed by atoms with Crippen molar-refractivity contribution in [3.05, 3.63) is 89.5 Å². The number of hydrogen-bond donors (Lipinski definition) is 1. The number of anilines is 1. The smallest absolute Gasteiger partial charge is 0.282 e. The normalized spacial score (nSPS) is 14.4. The van der Waals surface area contributed by atoms with Gasteiger partial charge in [-0.1, -0.05) is 48.5 Å². The number of methoxy groups -OCH3 is 2. The predicted molar refractivity (Wildman–Crippen MR) is 120 cm³/mol. The highest BCUT2D eigenvalue weighted by molar-refractivity contribution is 6.31. The number of ether oxygens (including phenoxy) is 3. The fraction of sp³-hybridized carbons (Fsp3) is 0.120. The van der Waals surface area contributed by atoms with E-state index in [0.717, 1.165) is 5.56 Å². The maximum absolute atomic E-state index is 12.8. The lowest BCUT2D eigenvalue weighted by atomic mass is 10.1. The van der Waals surface area contributed by atoms with Gasteiger partial charge in [-0.05, 0) is 41.5 Å². The zero-order valence-corrected chi connectivity index (χ0v) is 17.7. The minimum atomic E-state index is -0.485. The molecular formula is C25H22N2O5. The first-order valence-electron chi connectivity index (χ1n) is 9.95. The van der Waals surface area contributed by atoms with Crippen molar-refractivity contribution >= 4 is 23.6 Å². The van der Waals surface area contributed by atoms with Crippen LogP contribution in [0.25, 0.3) is 6.08 Å². The Hall–Kier alpha value is -4.26. The van der Waals surface area contributed by atoms with Crippen LogP contribution in [0.1, 0.15) is 11.1 Å². The van der Waals surface area contributed by atoms with Crippen LogP contribution in [0.2, 0.25) is 0 Å². The van der Waals surface area contributed by atoms with E-state index in [4.69, 9.17) is 14.2 Å². The van der Waals surface area contributed by atoms with Crippen LogP contribution in [0.4, 0.5) is 5.69 Å². The number of hydrazine groups is 1. The third-order valence-electron chi connectivity index (χ3n) is 4.93. The lowest BCUT2D eigenvalue weighted by molar-refractivity contribution is -0.117. The number of benzene rings is 3. The number of carbonyl (C=O) groups excluding carboxylic acids is 2. The zero-order valence-electron chi connectivity index (χ0n) is 17.7. The Morgan fingerprint density at radius 1 is 0.875 bits per heavy atom. The summed E-state index contributed by atoms with van der Waals surface area (Å²) in [5, 5.41) is 1.22. The number of carbonyl (C=O) groups is 2. The molecule has 3 aromatic carbocycles. The van der Waals surface area contributed by atoms with Gasteiger partial charge in [-0.25, -0.2) is 5.01 Å². The molecule has 1 N–H and O–H groups in total. The summed E-state index contributed by atoms with van der Waals surface area (Å²) in [6, 6.07) is 22.0. The minimum Gasteiger partial charge on any atom is -0.493 e. The highest BCUT2D eigenvalue weighted by atomic mass is 16.5. The van der Waals surface area contributed by atoms with Crippen LogP contribution in [-0.4, -0.2) is 26.0 Å². The van der Waals surface area contributed by atoms with E-state index in [1.54, 1.807) is 36.4 Å². The summed E-state index contributed by atoms with van der Waals surface area (Å²) in [5.74, 6) is 0.370. The molecule has 7 nitrogen and oxygen atoms in total. The average molecular weight is 430 g/mol. The predicted octanol–water partition coefficient (Wildman–Crippen LogP) is 3.74. The Balaban J connectivity index is 1.63. The van der Waals surface area contributed by atoms with Crippen molar-refractivity contribution in [3.8, 4) is 17.2 Å².